The van der Waals surface area contributed by atoms with Crippen molar-refractivity contribution in [1.82, 2.24) is 5.32 Å². The lowest BCUT2D eigenvalue weighted by Gasteiger charge is -2.19. The third-order valence-corrected chi connectivity index (χ3v) is 3.86. The number of amides is 2. The molecule has 0 bridgehead atoms. The molecule has 0 unspecified atom stereocenters. The molecule has 2 amide bonds. The van der Waals surface area contributed by atoms with E-state index in [4.69, 9.17) is 10.5 Å². The minimum Gasteiger partial charge on any atom is -0.484 e. The minimum atomic E-state index is -0.379. The van der Waals surface area contributed by atoms with Crippen LogP contribution in [0.2, 0.25) is 0 Å². The van der Waals surface area contributed by atoms with Crippen molar-refractivity contribution in [3.05, 3.63) is 60.2 Å². The van der Waals surface area contributed by atoms with E-state index in [1.165, 1.54) is 0 Å². The Bertz CT molecular complexity index is 702. The Morgan fingerprint density at radius 3 is 2.42 bits per heavy atom. The molecule has 0 saturated carbocycles. The molecule has 0 radical (unpaired) electrons. The second-order valence-electron chi connectivity index (χ2n) is 6.04. The van der Waals surface area contributed by atoms with E-state index in [1.807, 2.05) is 25.2 Å². The second kappa shape index (κ2) is 10.1. The second-order valence-corrected chi connectivity index (χ2v) is 6.04. The maximum absolute atomic E-state index is 11.8. The summed E-state index contributed by atoms with van der Waals surface area (Å²) in [4.78, 5) is 24.8. The smallest absolute Gasteiger partial charge is 0.257 e. The van der Waals surface area contributed by atoms with E-state index in [9.17, 15) is 9.59 Å². The number of hydrogen-bond acceptors (Lipinski definition) is 4. The van der Waals surface area contributed by atoms with Crippen LogP contribution in [-0.4, -0.2) is 38.6 Å². The number of nitrogens with zero attached hydrogens (tertiary/aromatic N) is 1. The van der Waals surface area contributed by atoms with Crippen LogP contribution in [0.3, 0.4) is 0 Å². The quantitative estimate of drug-likeness (QED) is 0.636. The lowest BCUT2D eigenvalue weighted by molar-refractivity contribution is -0.123. The first-order chi connectivity index (χ1) is 12.5. The summed E-state index contributed by atoms with van der Waals surface area (Å²) < 4.78 is 5.44. The number of nitrogens with two attached hydrogens (primary N) is 1. The van der Waals surface area contributed by atoms with E-state index >= 15 is 0 Å². The normalized spacial score (nSPS) is 10.2. The first-order valence-corrected chi connectivity index (χ1v) is 8.57. The molecule has 2 aromatic rings. The predicted molar refractivity (Wildman–Crippen MR) is 102 cm³/mol. The summed E-state index contributed by atoms with van der Waals surface area (Å²) in [6.07, 6.45) is 1.04. The maximum Gasteiger partial charge on any atom is 0.257 e. The molecule has 2 rings (SSSR count). The van der Waals surface area contributed by atoms with E-state index < -0.39 is 0 Å². The van der Waals surface area contributed by atoms with Gasteiger partial charge in [-0.2, -0.15) is 0 Å². The van der Waals surface area contributed by atoms with Crippen molar-refractivity contribution in [2.75, 3.05) is 31.6 Å². The molecule has 138 valence electrons. The number of rotatable bonds is 10. The molecular weight excluding hydrogens is 330 g/mol. The van der Waals surface area contributed by atoms with Crippen LogP contribution >= 0.6 is 0 Å². The summed E-state index contributed by atoms with van der Waals surface area (Å²) in [5, 5.41) is 2.85. The highest BCUT2D eigenvalue weighted by molar-refractivity contribution is 5.77. The summed E-state index contributed by atoms with van der Waals surface area (Å²) in [5.41, 5.74) is 7.12. The van der Waals surface area contributed by atoms with Gasteiger partial charge in [0.05, 0.1) is 6.42 Å². The van der Waals surface area contributed by atoms with Crippen LogP contribution in [0, 0.1) is 0 Å². The van der Waals surface area contributed by atoms with Crippen molar-refractivity contribution in [3.8, 4) is 5.75 Å². The fraction of sp³-hybridized carbons (Fsp3) is 0.300. The van der Waals surface area contributed by atoms with Crippen molar-refractivity contribution >= 4 is 17.5 Å². The average Bonchev–Trinajstić information content (AvgIpc) is 2.65. The lowest BCUT2D eigenvalue weighted by atomic mass is 10.1. The molecular formula is C20H25N3O3. The Labute approximate surface area is 153 Å². The summed E-state index contributed by atoms with van der Waals surface area (Å²) in [7, 11) is 2.03. The number of primary amides is 1. The molecule has 26 heavy (non-hydrogen) atoms. The van der Waals surface area contributed by atoms with Gasteiger partial charge in [0, 0.05) is 25.8 Å². The van der Waals surface area contributed by atoms with Crippen LogP contribution < -0.4 is 20.7 Å². The molecule has 0 aromatic heterocycles. The van der Waals surface area contributed by atoms with Crippen LogP contribution in [0.1, 0.15) is 12.0 Å². The maximum atomic E-state index is 11.8. The van der Waals surface area contributed by atoms with E-state index in [1.54, 1.807) is 24.3 Å². The van der Waals surface area contributed by atoms with Crippen molar-refractivity contribution in [2.24, 2.45) is 5.73 Å². The van der Waals surface area contributed by atoms with Crippen LogP contribution in [0.25, 0.3) is 0 Å². The lowest BCUT2D eigenvalue weighted by Crippen LogP contribution is -2.31. The van der Waals surface area contributed by atoms with Gasteiger partial charge in [-0.15, -0.1) is 0 Å². The molecule has 0 aliphatic rings. The number of carbonyl (C=O) groups is 2. The number of benzene rings is 2. The van der Waals surface area contributed by atoms with E-state index in [-0.39, 0.29) is 24.8 Å². The number of ether oxygens (including phenoxy) is 1. The van der Waals surface area contributed by atoms with Gasteiger partial charge in [-0.3, -0.25) is 9.59 Å². The highest BCUT2D eigenvalue weighted by Crippen LogP contribution is 2.12. The fourth-order valence-corrected chi connectivity index (χ4v) is 2.46. The van der Waals surface area contributed by atoms with Crippen LogP contribution in [0.5, 0.6) is 5.75 Å². The topological polar surface area (TPSA) is 84.7 Å². The monoisotopic (exact) mass is 355 g/mol. The number of nitrogens with one attached hydrogen (secondary N) is 1. The Kier molecular flexibility index (Phi) is 7.49. The Morgan fingerprint density at radius 2 is 1.77 bits per heavy atom. The molecule has 6 heteroatoms. The zero-order valence-electron chi connectivity index (χ0n) is 15.0. The number of hydrogen-bond donors (Lipinski definition) is 2. The van der Waals surface area contributed by atoms with Crippen LogP contribution in [-0.2, 0) is 16.0 Å². The molecule has 6 nitrogen and oxygen atoms in total. The average molecular weight is 355 g/mol. The van der Waals surface area contributed by atoms with Gasteiger partial charge in [0.2, 0.25) is 5.91 Å². The molecule has 0 fully saturated rings. The van der Waals surface area contributed by atoms with Crippen molar-refractivity contribution < 1.29 is 14.3 Å². The molecule has 2 aromatic carbocycles. The van der Waals surface area contributed by atoms with Crippen LogP contribution in [0.4, 0.5) is 5.69 Å². The van der Waals surface area contributed by atoms with Gasteiger partial charge in [0.15, 0.2) is 6.61 Å². The molecule has 0 aliphatic carbocycles. The van der Waals surface area contributed by atoms with E-state index in [0.717, 1.165) is 24.2 Å². The molecule has 0 saturated heterocycles. The summed E-state index contributed by atoms with van der Waals surface area (Å²) >= 11 is 0. The largest absolute Gasteiger partial charge is 0.484 e. The first kappa shape index (κ1) is 19.3. The van der Waals surface area contributed by atoms with Gasteiger partial charge in [-0.1, -0.05) is 30.3 Å². The summed E-state index contributed by atoms with van der Waals surface area (Å²) in [5.74, 6) is 0.0433. The summed E-state index contributed by atoms with van der Waals surface area (Å²) in [6.45, 7) is 1.41. The molecule has 0 spiro atoms. The van der Waals surface area contributed by atoms with E-state index in [2.05, 4.69) is 22.3 Å². The number of carbonyl (C=O) groups excluding carboxylic acids is 2. The minimum absolute atomic E-state index is 0.0380. The molecule has 0 heterocycles. The highest BCUT2D eigenvalue weighted by Gasteiger charge is 2.04. The van der Waals surface area contributed by atoms with Crippen molar-refractivity contribution in [2.45, 2.75) is 12.8 Å². The standard InChI is InChI=1S/C20H25N3O3/c1-23(17-6-3-2-4-7-17)13-5-12-22-20(25)15-26-18-10-8-16(9-11-18)14-19(21)24/h2-4,6-11H,5,12-15H2,1H3,(H2,21,24)(H,22,25). The van der Waals surface area contributed by atoms with Crippen LogP contribution in [0.15, 0.2) is 54.6 Å². The molecule has 0 aliphatic heterocycles. The Balaban J connectivity index is 1.62. The Morgan fingerprint density at radius 1 is 1.08 bits per heavy atom. The zero-order valence-corrected chi connectivity index (χ0v) is 15.0. The molecule has 0 atom stereocenters. The van der Waals surface area contributed by atoms with Gasteiger partial charge >= 0.3 is 0 Å². The highest BCUT2D eigenvalue weighted by atomic mass is 16.5. The number of anilines is 1. The zero-order chi connectivity index (χ0) is 18.8. The van der Waals surface area contributed by atoms with Gasteiger partial charge in [-0.25, -0.2) is 0 Å². The molecule has 3 N–H and O–H groups in total. The SMILES string of the molecule is CN(CCCNC(=O)COc1ccc(CC(N)=O)cc1)c1ccccc1. The third kappa shape index (κ3) is 6.84. The van der Waals surface area contributed by atoms with Gasteiger partial charge in [0.25, 0.3) is 5.91 Å². The van der Waals surface area contributed by atoms with Crippen molar-refractivity contribution in [1.29, 1.82) is 0 Å². The number of para-hydroxylation sites is 1. The Hall–Kier alpha value is -3.02. The van der Waals surface area contributed by atoms with Gasteiger partial charge < -0.3 is 20.7 Å². The van der Waals surface area contributed by atoms with Gasteiger partial charge in [0.1, 0.15) is 5.75 Å². The van der Waals surface area contributed by atoms with Gasteiger partial charge in [-0.05, 0) is 36.2 Å². The fourth-order valence-electron chi connectivity index (χ4n) is 2.46. The van der Waals surface area contributed by atoms with Crippen molar-refractivity contribution in [3.63, 3.8) is 0 Å². The predicted octanol–water partition coefficient (Wildman–Crippen LogP) is 1.74. The van der Waals surface area contributed by atoms with E-state index in [0.29, 0.717) is 12.3 Å². The third-order valence-electron chi connectivity index (χ3n) is 3.86. The summed E-state index contributed by atoms with van der Waals surface area (Å²) in [6, 6.07) is 17.1. The first-order valence-electron chi connectivity index (χ1n) is 8.57.